The smallest absolute Gasteiger partial charge is 0.315 e. The van der Waals surface area contributed by atoms with Crippen molar-refractivity contribution in [2.45, 2.75) is 39.2 Å². The predicted octanol–water partition coefficient (Wildman–Crippen LogP) is 2.34. The predicted molar refractivity (Wildman–Crippen MR) is 72.4 cm³/mol. The number of rotatable bonds is 7. The van der Waals surface area contributed by atoms with Gasteiger partial charge in [0.2, 0.25) is 0 Å². The third-order valence-electron chi connectivity index (χ3n) is 2.51. The summed E-state index contributed by atoms with van der Waals surface area (Å²) in [5.74, 6) is -0.873. The van der Waals surface area contributed by atoms with E-state index in [1.165, 1.54) is 11.3 Å². The van der Waals surface area contributed by atoms with Crippen molar-refractivity contribution in [2.24, 2.45) is 0 Å². The summed E-state index contributed by atoms with van der Waals surface area (Å²) in [7, 11) is 0. The Hall–Kier alpha value is -1.14. The number of carboxylic acids is 1. The van der Waals surface area contributed by atoms with Gasteiger partial charge < -0.3 is 15.2 Å². The fourth-order valence-corrected chi connectivity index (χ4v) is 2.11. The van der Waals surface area contributed by atoms with Gasteiger partial charge in [-0.25, -0.2) is 4.98 Å². The molecule has 0 radical (unpaired) electrons. The molecular formula is C12H20N2O3S. The molecule has 102 valence electrons. The molecule has 0 unspecified atom stereocenters. The van der Waals surface area contributed by atoms with Gasteiger partial charge in [0.15, 0.2) is 5.13 Å². The average molecular weight is 272 g/mol. The Morgan fingerprint density at radius 1 is 1.61 bits per heavy atom. The van der Waals surface area contributed by atoms with Crippen LogP contribution in [0.1, 0.15) is 33.4 Å². The van der Waals surface area contributed by atoms with Gasteiger partial charge in [0, 0.05) is 11.9 Å². The molecule has 6 heteroatoms. The van der Waals surface area contributed by atoms with E-state index in [0.29, 0.717) is 18.8 Å². The minimum Gasteiger partial charge on any atom is -0.481 e. The Morgan fingerprint density at radius 3 is 2.83 bits per heavy atom. The molecule has 0 aliphatic rings. The average Bonchev–Trinajstić information content (AvgIpc) is 2.73. The Kier molecular flexibility index (Phi) is 5.10. The van der Waals surface area contributed by atoms with E-state index in [1.54, 1.807) is 19.2 Å². The summed E-state index contributed by atoms with van der Waals surface area (Å²) in [5, 5.41) is 14.7. The molecule has 0 fully saturated rings. The van der Waals surface area contributed by atoms with Gasteiger partial charge in [-0.1, -0.05) is 0 Å². The largest absolute Gasteiger partial charge is 0.481 e. The monoisotopic (exact) mass is 272 g/mol. The van der Waals surface area contributed by atoms with Gasteiger partial charge in [-0.2, -0.15) is 0 Å². The maximum Gasteiger partial charge on any atom is 0.315 e. The molecule has 2 N–H and O–H groups in total. The lowest BCUT2D eigenvalue weighted by molar-refractivity contribution is -0.142. The van der Waals surface area contributed by atoms with Crippen LogP contribution in [0.2, 0.25) is 0 Å². The van der Waals surface area contributed by atoms with Gasteiger partial charge in [-0.05, 0) is 27.7 Å². The molecule has 0 aliphatic carbocycles. The van der Waals surface area contributed by atoms with E-state index < -0.39 is 11.4 Å². The van der Waals surface area contributed by atoms with Crippen molar-refractivity contribution in [2.75, 3.05) is 18.5 Å². The molecule has 5 nitrogen and oxygen atoms in total. The van der Waals surface area contributed by atoms with Gasteiger partial charge in [-0.15, -0.1) is 11.3 Å². The number of thiazole rings is 1. The van der Waals surface area contributed by atoms with Crippen molar-refractivity contribution < 1.29 is 14.6 Å². The van der Waals surface area contributed by atoms with E-state index in [1.807, 2.05) is 13.8 Å². The van der Waals surface area contributed by atoms with Crippen LogP contribution in [-0.2, 0) is 14.9 Å². The fraction of sp³-hybridized carbons (Fsp3) is 0.667. The first-order valence-electron chi connectivity index (χ1n) is 5.89. The van der Waals surface area contributed by atoms with Crippen LogP contribution >= 0.6 is 11.3 Å². The molecule has 0 atom stereocenters. The molecule has 0 spiro atoms. The molecule has 1 heterocycles. The quantitative estimate of drug-likeness (QED) is 0.745. The van der Waals surface area contributed by atoms with Crippen molar-refractivity contribution in [1.82, 2.24) is 4.98 Å². The second-order valence-electron chi connectivity index (χ2n) is 4.81. The van der Waals surface area contributed by atoms with Crippen LogP contribution in [0.15, 0.2) is 5.38 Å². The van der Waals surface area contributed by atoms with E-state index in [2.05, 4.69) is 10.3 Å². The summed E-state index contributed by atoms with van der Waals surface area (Å²) in [6.45, 7) is 8.54. The zero-order valence-electron chi connectivity index (χ0n) is 11.2. The summed E-state index contributed by atoms with van der Waals surface area (Å²) < 4.78 is 5.40. The van der Waals surface area contributed by atoms with Gasteiger partial charge >= 0.3 is 5.97 Å². The Bertz CT molecular complexity index is 402. The Labute approximate surface area is 111 Å². The van der Waals surface area contributed by atoms with E-state index in [4.69, 9.17) is 9.84 Å². The Morgan fingerprint density at radius 2 is 2.28 bits per heavy atom. The van der Waals surface area contributed by atoms with Crippen LogP contribution in [0.3, 0.4) is 0 Å². The third-order valence-corrected chi connectivity index (χ3v) is 3.31. The van der Waals surface area contributed by atoms with E-state index >= 15 is 0 Å². The fourth-order valence-electron chi connectivity index (χ4n) is 1.20. The lowest BCUT2D eigenvalue weighted by Crippen LogP contribution is -2.28. The van der Waals surface area contributed by atoms with Crippen LogP contribution in [0.25, 0.3) is 0 Å². The van der Waals surface area contributed by atoms with E-state index in [0.717, 1.165) is 5.13 Å². The van der Waals surface area contributed by atoms with Crippen LogP contribution < -0.4 is 5.32 Å². The molecule has 0 bridgehead atoms. The van der Waals surface area contributed by atoms with Crippen molar-refractivity contribution >= 4 is 22.4 Å². The zero-order valence-corrected chi connectivity index (χ0v) is 12.0. The summed E-state index contributed by atoms with van der Waals surface area (Å²) in [4.78, 5) is 15.4. The normalized spacial score (nSPS) is 11.8. The van der Waals surface area contributed by atoms with Gasteiger partial charge in [0.25, 0.3) is 0 Å². The number of hydrogen-bond acceptors (Lipinski definition) is 5. The number of anilines is 1. The van der Waals surface area contributed by atoms with Gasteiger partial charge in [0.1, 0.15) is 5.41 Å². The first-order valence-corrected chi connectivity index (χ1v) is 6.77. The number of aromatic nitrogens is 1. The number of carboxylic acid groups (broad SMARTS) is 1. The third kappa shape index (κ3) is 3.96. The Balaban J connectivity index is 2.51. The summed E-state index contributed by atoms with van der Waals surface area (Å²) in [6, 6.07) is 0. The number of carbonyl (C=O) groups is 1. The maximum absolute atomic E-state index is 11.1. The van der Waals surface area contributed by atoms with Crippen molar-refractivity contribution in [3.8, 4) is 0 Å². The summed E-state index contributed by atoms with van der Waals surface area (Å²) in [6.07, 6.45) is 0.213. The molecule has 0 amide bonds. The standard InChI is InChI=1S/C12H20N2O3S/c1-8(2)17-6-5-13-11-14-9(7-18-11)12(3,4)10(15)16/h7-8H,5-6H2,1-4H3,(H,13,14)(H,15,16). The molecule has 0 aromatic carbocycles. The SMILES string of the molecule is CC(C)OCCNc1nc(C(C)(C)C(=O)O)cs1. The number of nitrogens with zero attached hydrogens (tertiary/aromatic N) is 1. The molecule has 1 aromatic rings. The summed E-state index contributed by atoms with van der Waals surface area (Å²) >= 11 is 1.41. The first kappa shape index (κ1) is 14.9. The van der Waals surface area contributed by atoms with Crippen LogP contribution in [0.5, 0.6) is 0 Å². The lowest BCUT2D eigenvalue weighted by Gasteiger charge is -2.15. The highest BCUT2D eigenvalue weighted by molar-refractivity contribution is 7.13. The highest BCUT2D eigenvalue weighted by Gasteiger charge is 2.32. The number of nitrogens with one attached hydrogen (secondary N) is 1. The topological polar surface area (TPSA) is 71.5 Å². The molecule has 0 saturated carbocycles. The number of aliphatic carboxylic acids is 1. The minimum absolute atomic E-state index is 0.213. The molecular weight excluding hydrogens is 252 g/mol. The maximum atomic E-state index is 11.1. The lowest BCUT2D eigenvalue weighted by atomic mass is 9.90. The van der Waals surface area contributed by atoms with E-state index in [-0.39, 0.29) is 6.10 Å². The van der Waals surface area contributed by atoms with Gasteiger partial charge in [-0.3, -0.25) is 4.79 Å². The first-order chi connectivity index (χ1) is 8.34. The highest BCUT2D eigenvalue weighted by atomic mass is 32.1. The molecule has 1 aromatic heterocycles. The van der Waals surface area contributed by atoms with Crippen LogP contribution in [0.4, 0.5) is 5.13 Å². The molecule has 0 aliphatic heterocycles. The minimum atomic E-state index is -0.954. The second kappa shape index (κ2) is 6.15. The van der Waals surface area contributed by atoms with Gasteiger partial charge in [0.05, 0.1) is 18.4 Å². The van der Waals surface area contributed by atoms with Crippen LogP contribution in [-0.4, -0.2) is 35.3 Å². The van der Waals surface area contributed by atoms with Crippen molar-refractivity contribution in [3.05, 3.63) is 11.1 Å². The molecule has 1 rings (SSSR count). The van der Waals surface area contributed by atoms with Crippen molar-refractivity contribution in [3.63, 3.8) is 0 Å². The highest BCUT2D eigenvalue weighted by Crippen LogP contribution is 2.27. The zero-order chi connectivity index (χ0) is 13.8. The summed E-state index contributed by atoms with van der Waals surface area (Å²) in [5.41, 5.74) is -0.377. The number of hydrogen-bond donors (Lipinski definition) is 2. The number of ether oxygens (including phenoxy) is 1. The molecule has 0 saturated heterocycles. The van der Waals surface area contributed by atoms with Crippen molar-refractivity contribution in [1.29, 1.82) is 0 Å². The van der Waals surface area contributed by atoms with E-state index in [9.17, 15) is 4.79 Å². The second-order valence-corrected chi connectivity index (χ2v) is 5.67. The van der Waals surface area contributed by atoms with Crippen LogP contribution in [0, 0.1) is 0 Å². The molecule has 18 heavy (non-hydrogen) atoms.